The molecule has 0 amide bonds. The van der Waals surface area contributed by atoms with Gasteiger partial charge in [-0.1, -0.05) is 61.4 Å². The molecular formula is C24H29F6N5O2PRu+. The fourth-order valence-electron chi connectivity index (χ4n) is 2.97. The van der Waals surface area contributed by atoms with E-state index in [0.29, 0.717) is 11.1 Å². The molecule has 216 valence electrons. The molecule has 1 aliphatic carbocycles. The molecule has 2 atom stereocenters. The van der Waals surface area contributed by atoms with Gasteiger partial charge in [0.1, 0.15) is 0 Å². The minimum Gasteiger partial charge on any atom is -0.872 e. The third-order valence-electron chi connectivity index (χ3n) is 4.34. The summed E-state index contributed by atoms with van der Waals surface area (Å²) >= 11 is 0. The van der Waals surface area contributed by atoms with E-state index < -0.39 is 7.81 Å². The molecule has 0 saturated heterocycles. The van der Waals surface area contributed by atoms with Crippen LogP contribution in [0.2, 0.25) is 0 Å². The number of hydrogen-bond acceptors (Lipinski definition) is 7. The van der Waals surface area contributed by atoms with Crippen LogP contribution in [0.3, 0.4) is 0 Å². The molecule has 0 radical (unpaired) electrons. The Kier molecular flexibility index (Phi) is 18.2. The van der Waals surface area contributed by atoms with Gasteiger partial charge in [0.2, 0.25) is 0 Å². The Morgan fingerprint density at radius 3 is 1.26 bits per heavy atom. The van der Waals surface area contributed by atoms with E-state index in [4.69, 9.17) is 10.5 Å². The molecule has 7 nitrogen and oxygen atoms in total. The van der Waals surface area contributed by atoms with Crippen LogP contribution in [0.1, 0.15) is 50.7 Å². The van der Waals surface area contributed by atoms with Crippen molar-refractivity contribution in [3.8, 4) is 23.6 Å². The van der Waals surface area contributed by atoms with E-state index in [-0.39, 0.29) is 49.2 Å². The molecule has 0 bridgehead atoms. The van der Waals surface area contributed by atoms with Crippen molar-refractivity contribution in [3.63, 3.8) is 0 Å². The largest absolute Gasteiger partial charge is 4.00 e. The maximum atomic E-state index is 11.8. The first-order valence-corrected chi connectivity index (χ1v) is 12.8. The normalized spacial score (nSPS) is 17.8. The van der Waals surface area contributed by atoms with Crippen LogP contribution in [0.5, 0.6) is 11.5 Å². The van der Waals surface area contributed by atoms with Crippen molar-refractivity contribution < 1.29 is 54.9 Å². The maximum Gasteiger partial charge on any atom is 4.00 e. The van der Waals surface area contributed by atoms with Crippen molar-refractivity contribution in [1.29, 1.82) is 10.5 Å². The fourth-order valence-corrected chi connectivity index (χ4v) is 2.97. The average Bonchev–Trinajstić information content (AvgIpc) is 2.78. The van der Waals surface area contributed by atoms with E-state index in [1.54, 1.807) is 61.0 Å². The number of benzene rings is 2. The third kappa shape index (κ3) is 23.8. The van der Waals surface area contributed by atoms with E-state index in [2.05, 4.69) is 9.98 Å². The third-order valence-corrected chi connectivity index (χ3v) is 4.34. The Labute approximate surface area is 236 Å². The summed E-state index contributed by atoms with van der Waals surface area (Å²) in [4.78, 5) is 9.23. The number of rotatable bonds is 4. The van der Waals surface area contributed by atoms with Gasteiger partial charge in [0.15, 0.2) is 0 Å². The summed E-state index contributed by atoms with van der Waals surface area (Å²) in [6.07, 6.45) is 7.48. The van der Waals surface area contributed by atoms with Gasteiger partial charge in [0.25, 0.3) is 0 Å². The molecule has 1 aliphatic rings. The smallest absolute Gasteiger partial charge is 0.872 e. The van der Waals surface area contributed by atoms with Crippen LogP contribution < -0.4 is 16.4 Å². The van der Waals surface area contributed by atoms with Crippen LogP contribution in [0.25, 0.3) is 0 Å². The number of para-hydroxylation sites is 2. The van der Waals surface area contributed by atoms with Crippen LogP contribution >= 0.6 is 7.81 Å². The van der Waals surface area contributed by atoms with Crippen molar-refractivity contribution in [1.82, 2.24) is 6.15 Å². The second-order valence-electron chi connectivity index (χ2n) is 7.46. The van der Waals surface area contributed by atoms with Crippen LogP contribution in [0.4, 0.5) is 25.2 Å². The van der Waals surface area contributed by atoms with E-state index in [9.17, 15) is 35.4 Å². The summed E-state index contributed by atoms with van der Waals surface area (Å²) in [7, 11) is -10.7. The maximum absolute atomic E-state index is 11.8. The molecule has 3 N–H and O–H groups in total. The quantitative estimate of drug-likeness (QED) is 0.157. The molecule has 0 aromatic heterocycles. The minimum absolute atomic E-state index is 0. The summed E-state index contributed by atoms with van der Waals surface area (Å²) in [6.45, 7) is 2.86. The summed E-state index contributed by atoms with van der Waals surface area (Å²) < 4.78 is 59.2. The van der Waals surface area contributed by atoms with Gasteiger partial charge in [-0.25, -0.2) is 0 Å². The Balaban J connectivity index is -0.000000731. The molecular weight excluding hydrogens is 636 g/mol. The predicted octanol–water partition coefficient (Wildman–Crippen LogP) is 7.28. The molecule has 0 heterocycles. The van der Waals surface area contributed by atoms with Crippen molar-refractivity contribution in [2.24, 2.45) is 9.98 Å². The summed E-state index contributed by atoms with van der Waals surface area (Å²) in [5, 5.41) is 38.2. The van der Waals surface area contributed by atoms with Crippen molar-refractivity contribution in [2.75, 3.05) is 0 Å². The van der Waals surface area contributed by atoms with Crippen LogP contribution in [0, 0.1) is 22.7 Å². The monoisotopic (exact) mass is 666 g/mol. The first-order chi connectivity index (χ1) is 17.0. The van der Waals surface area contributed by atoms with Crippen LogP contribution in [-0.4, -0.2) is 24.5 Å². The van der Waals surface area contributed by atoms with Gasteiger partial charge >= 0.3 is 52.5 Å². The zero-order valence-corrected chi connectivity index (χ0v) is 23.8. The summed E-state index contributed by atoms with van der Waals surface area (Å²) in [5.74, 6) is -0.0326. The summed E-state index contributed by atoms with van der Waals surface area (Å²) in [6, 6.07) is 17.4. The van der Waals surface area contributed by atoms with E-state index in [1.807, 2.05) is 12.1 Å². The van der Waals surface area contributed by atoms with Crippen molar-refractivity contribution >= 4 is 20.2 Å². The average molecular weight is 666 g/mol. The topological polar surface area (TPSA) is 153 Å². The van der Waals surface area contributed by atoms with Crippen molar-refractivity contribution in [3.05, 3.63) is 59.7 Å². The van der Waals surface area contributed by atoms with Gasteiger partial charge < -0.3 is 16.4 Å². The number of aliphatic imine (C=N–C) groups is 2. The molecule has 3 rings (SSSR count). The molecule has 0 spiro atoms. The van der Waals surface area contributed by atoms with Gasteiger partial charge in [-0.15, -0.1) is 11.5 Å². The molecule has 2 aromatic carbocycles. The van der Waals surface area contributed by atoms with E-state index in [0.717, 1.165) is 25.7 Å². The Hall–Kier alpha value is -3.05. The number of nitrogens with zero attached hydrogens (tertiary/aromatic N) is 4. The first kappa shape index (κ1) is 40.4. The van der Waals surface area contributed by atoms with Crippen LogP contribution in [-0.2, 0) is 19.5 Å². The number of halogens is 6. The fraction of sp³-hybridized carbons (Fsp3) is 0.333. The van der Waals surface area contributed by atoms with Gasteiger partial charge in [-0.3, -0.25) is 9.98 Å². The Bertz CT molecular complexity index is 1050. The molecule has 1 fully saturated rings. The first-order valence-electron chi connectivity index (χ1n) is 10.8. The number of nitriles is 2. The molecule has 0 aliphatic heterocycles. The standard InChI is InChI=1S/C20H22N2O2.2C2H3N.F6P.H3N.Ru/c23-19-11-5-1-7-15(19)13-21-17-9-3-4-10-18(17)22-14-16-8-2-6-12-20(16)24;2*1-2-3;1-7(2,3,4,5)6;;/h1-2,5-8,11-14,17-18,23-24H,3-4,9-10H2;2*1H3;;1H3;/q;;;-1;;+4/p-2/t17-,18-;;;;;/m0...../s1. The second-order valence-corrected chi connectivity index (χ2v) is 9.37. The zero-order valence-electron chi connectivity index (χ0n) is 21.1. The van der Waals surface area contributed by atoms with Gasteiger partial charge in [-0.05, 0) is 24.0 Å². The summed E-state index contributed by atoms with van der Waals surface area (Å²) in [5.41, 5.74) is 1.21. The predicted molar refractivity (Wildman–Crippen MR) is 134 cm³/mol. The Morgan fingerprint density at radius 2 is 1.00 bits per heavy atom. The minimum atomic E-state index is -10.7. The van der Waals surface area contributed by atoms with Gasteiger partial charge in [0.05, 0.1) is 24.2 Å². The Morgan fingerprint density at radius 1 is 0.744 bits per heavy atom. The van der Waals surface area contributed by atoms with Gasteiger partial charge in [0, 0.05) is 26.3 Å². The van der Waals surface area contributed by atoms with E-state index in [1.165, 1.54) is 13.8 Å². The molecule has 15 heteroatoms. The number of hydrogen-bond donors (Lipinski definition) is 1. The SMILES string of the molecule is CC#N.CC#N.F[P-](F)(F)(F)(F)F.N.[O-]c1ccccc1C=N[C@H]1CCCC[C@@H]1N=Cc1ccccc1[O-].[Ru+4]. The van der Waals surface area contributed by atoms with Crippen molar-refractivity contribution in [2.45, 2.75) is 51.6 Å². The zero-order chi connectivity index (χ0) is 28.6. The second kappa shape index (κ2) is 17.5. The molecule has 1 saturated carbocycles. The van der Waals surface area contributed by atoms with E-state index >= 15 is 0 Å². The molecule has 2 aromatic rings. The molecule has 0 unspecified atom stereocenters. The van der Waals surface area contributed by atoms with Gasteiger partial charge in [-0.2, -0.15) is 10.5 Å². The molecule has 39 heavy (non-hydrogen) atoms. The van der Waals surface area contributed by atoms with Crippen LogP contribution in [0.15, 0.2) is 58.5 Å².